The van der Waals surface area contributed by atoms with Crippen molar-refractivity contribution in [2.45, 2.75) is 19.4 Å². The van der Waals surface area contributed by atoms with Gasteiger partial charge >= 0.3 is 0 Å². The van der Waals surface area contributed by atoms with E-state index in [0.717, 1.165) is 22.8 Å². The summed E-state index contributed by atoms with van der Waals surface area (Å²) in [7, 11) is 0. The highest BCUT2D eigenvalue weighted by Gasteiger charge is 2.24. The topological polar surface area (TPSA) is 88.5 Å². The van der Waals surface area contributed by atoms with Crippen molar-refractivity contribution in [3.8, 4) is 5.69 Å². The Labute approximate surface area is 185 Å². The van der Waals surface area contributed by atoms with Crippen molar-refractivity contribution in [3.63, 3.8) is 0 Å². The molecule has 0 radical (unpaired) electrons. The first kappa shape index (κ1) is 20.7. The van der Waals surface area contributed by atoms with E-state index in [1.165, 1.54) is 24.8 Å². The average molecular weight is 450 g/mol. The Hall–Kier alpha value is -4.21. The van der Waals surface area contributed by atoms with E-state index in [2.05, 4.69) is 25.3 Å². The molecule has 7 nitrogen and oxygen atoms in total. The van der Waals surface area contributed by atoms with Gasteiger partial charge in [-0.25, -0.2) is 28.1 Å². The summed E-state index contributed by atoms with van der Waals surface area (Å²) in [6, 6.07) is 8.41. The maximum atomic E-state index is 14.8. The number of imidazole rings is 1. The fourth-order valence-electron chi connectivity index (χ4n) is 3.95. The zero-order chi connectivity index (χ0) is 23.1. The second kappa shape index (κ2) is 8.05. The van der Waals surface area contributed by atoms with Crippen LogP contribution in [0, 0.1) is 17.5 Å². The lowest BCUT2D eigenvalue weighted by Gasteiger charge is -2.24. The molecular formula is C23H17F3N6O. The van der Waals surface area contributed by atoms with E-state index >= 15 is 0 Å². The van der Waals surface area contributed by atoms with Crippen molar-refractivity contribution >= 4 is 27.8 Å². The molecule has 5 rings (SSSR count). The number of para-hydroxylation sites is 1. The van der Waals surface area contributed by atoms with E-state index in [0.29, 0.717) is 28.8 Å². The monoisotopic (exact) mass is 450 g/mol. The van der Waals surface area contributed by atoms with Crippen molar-refractivity contribution in [1.82, 2.24) is 24.5 Å². The minimum absolute atomic E-state index is 0.242. The Balaban J connectivity index is 1.79. The molecule has 2 aromatic carbocycles. The zero-order valence-corrected chi connectivity index (χ0v) is 17.3. The van der Waals surface area contributed by atoms with Gasteiger partial charge in [-0.1, -0.05) is 25.1 Å². The van der Waals surface area contributed by atoms with Crippen molar-refractivity contribution in [2.75, 3.05) is 5.32 Å². The van der Waals surface area contributed by atoms with Gasteiger partial charge in [0.2, 0.25) is 0 Å². The van der Waals surface area contributed by atoms with Crippen molar-refractivity contribution in [2.24, 2.45) is 0 Å². The first-order chi connectivity index (χ1) is 16.0. The Morgan fingerprint density at radius 1 is 1.03 bits per heavy atom. The van der Waals surface area contributed by atoms with E-state index < -0.39 is 34.7 Å². The molecule has 0 bridgehead atoms. The number of anilines is 1. The van der Waals surface area contributed by atoms with Crippen LogP contribution in [0.5, 0.6) is 0 Å². The first-order valence-corrected chi connectivity index (χ1v) is 10.2. The summed E-state index contributed by atoms with van der Waals surface area (Å²) in [6.45, 7) is 1.84. The largest absolute Gasteiger partial charge is 0.360 e. The summed E-state index contributed by atoms with van der Waals surface area (Å²) in [5.41, 5.74) is -0.228. The Morgan fingerprint density at radius 2 is 1.76 bits per heavy atom. The smallest absolute Gasteiger partial charge is 0.266 e. The maximum Gasteiger partial charge on any atom is 0.266 e. The summed E-state index contributed by atoms with van der Waals surface area (Å²) in [5, 5.41) is 3.26. The van der Waals surface area contributed by atoms with Crippen LogP contribution in [-0.2, 0) is 0 Å². The Bertz CT molecular complexity index is 1540. The third kappa shape index (κ3) is 3.39. The van der Waals surface area contributed by atoms with Crippen LogP contribution in [0.25, 0.3) is 27.6 Å². The standard InChI is InChI=1S/C23H17F3N6O/c1-2-16(31-22-19-21(28-10-27-19)29-11-30-22)17-9-12-5-3-6-13(24)18(12)23(33)32(17)20-14(25)7-4-8-15(20)26/h3-11,16H,2H2,1H3,(H2,27,28,29,30,31)/t16-/m0/s1. The molecule has 1 atom stereocenters. The van der Waals surface area contributed by atoms with Crippen LogP contribution in [0.3, 0.4) is 0 Å². The quantitative estimate of drug-likeness (QED) is 0.407. The van der Waals surface area contributed by atoms with Crippen LogP contribution in [0.2, 0.25) is 0 Å². The number of H-pyrrole nitrogens is 1. The Kier molecular flexibility index (Phi) is 5.04. The lowest BCUT2D eigenvalue weighted by atomic mass is 10.0. The van der Waals surface area contributed by atoms with Crippen LogP contribution >= 0.6 is 0 Å². The number of nitrogens with zero attached hydrogens (tertiary/aromatic N) is 4. The fourth-order valence-corrected chi connectivity index (χ4v) is 3.95. The molecule has 3 aromatic heterocycles. The summed E-state index contributed by atoms with van der Waals surface area (Å²) < 4.78 is 45.1. The van der Waals surface area contributed by atoms with Crippen molar-refractivity contribution in [1.29, 1.82) is 0 Å². The summed E-state index contributed by atoms with van der Waals surface area (Å²) in [4.78, 5) is 28.9. The van der Waals surface area contributed by atoms with Crippen molar-refractivity contribution < 1.29 is 13.2 Å². The minimum atomic E-state index is -0.944. The van der Waals surface area contributed by atoms with E-state index in [1.54, 1.807) is 12.1 Å². The van der Waals surface area contributed by atoms with E-state index in [1.807, 2.05) is 6.92 Å². The average Bonchev–Trinajstić information content (AvgIpc) is 3.28. The molecule has 0 aliphatic heterocycles. The number of rotatable bonds is 5. The number of aromatic nitrogens is 5. The minimum Gasteiger partial charge on any atom is -0.360 e. The second-order valence-electron chi connectivity index (χ2n) is 7.41. The van der Waals surface area contributed by atoms with Gasteiger partial charge in [0, 0.05) is 5.69 Å². The normalized spacial score (nSPS) is 12.4. The van der Waals surface area contributed by atoms with E-state index in [9.17, 15) is 18.0 Å². The molecule has 2 N–H and O–H groups in total. The van der Waals surface area contributed by atoms with Crippen LogP contribution in [-0.4, -0.2) is 24.5 Å². The molecule has 33 heavy (non-hydrogen) atoms. The molecule has 3 heterocycles. The van der Waals surface area contributed by atoms with Crippen LogP contribution < -0.4 is 10.9 Å². The second-order valence-corrected chi connectivity index (χ2v) is 7.41. The summed E-state index contributed by atoms with van der Waals surface area (Å²) >= 11 is 0. The highest BCUT2D eigenvalue weighted by atomic mass is 19.1. The summed E-state index contributed by atoms with van der Waals surface area (Å²) in [5.74, 6) is -2.29. The number of hydrogen-bond acceptors (Lipinski definition) is 5. The number of hydrogen-bond donors (Lipinski definition) is 2. The number of aromatic amines is 1. The molecule has 0 aliphatic rings. The molecule has 0 spiro atoms. The van der Waals surface area contributed by atoms with Gasteiger partial charge in [-0.3, -0.25) is 9.36 Å². The Morgan fingerprint density at radius 3 is 2.52 bits per heavy atom. The SMILES string of the molecule is CC[C@H](Nc1ncnc2[nH]cnc12)c1cc2cccc(F)c2c(=O)n1-c1c(F)cccc1F. The molecule has 5 aromatic rings. The molecule has 0 amide bonds. The van der Waals surface area contributed by atoms with Gasteiger partial charge in [0.15, 0.2) is 11.5 Å². The van der Waals surface area contributed by atoms with Crippen LogP contribution in [0.15, 0.2) is 59.9 Å². The molecule has 166 valence electrons. The molecule has 0 saturated heterocycles. The predicted molar refractivity (Wildman–Crippen MR) is 118 cm³/mol. The lowest BCUT2D eigenvalue weighted by molar-refractivity contribution is 0.557. The zero-order valence-electron chi connectivity index (χ0n) is 17.3. The van der Waals surface area contributed by atoms with Crippen LogP contribution in [0.4, 0.5) is 19.0 Å². The fraction of sp³-hybridized carbons (Fsp3) is 0.130. The molecule has 0 aliphatic carbocycles. The maximum absolute atomic E-state index is 14.8. The molecular weight excluding hydrogens is 433 g/mol. The highest BCUT2D eigenvalue weighted by molar-refractivity contribution is 5.84. The number of nitrogens with one attached hydrogen (secondary N) is 2. The molecule has 0 fully saturated rings. The highest BCUT2D eigenvalue weighted by Crippen LogP contribution is 2.30. The lowest BCUT2D eigenvalue weighted by Crippen LogP contribution is -2.28. The van der Waals surface area contributed by atoms with Crippen LogP contribution in [0.1, 0.15) is 25.1 Å². The number of pyridine rings is 1. The van der Waals surface area contributed by atoms with Gasteiger partial charge in [0.1, 0.15) is 35.0 Å². The number of benzene rings is 2. The number of halogens is 3. The molecule has 0 saturated carbocycles. The molecule has 10 heteroatoms. The third-order valence-electron chi connectivity index (χ3n) is 5.48. The first-order valence-electron chi connectivity index (χ1n) is 10.2. The van der Waals surface area contributed by atoms with E-state index in [-0.39, 0.29) is 11.1 Å². The van der Waals surface area contributed by atoms with Gasteiger partial charge in [0.25, 0.3) is 5.56 Å². The van der Waals surface area contributed by atoms with Gasteiger partial charge in [-0.05, 0) is 36.1 Å². The number of fused-ring (bicyclic) bond motifs is 2. The van der Waals surface area contributed by atoms with Gasteiger partial charge < -0.3 is 10.3 Å². The van der Waals surface area contributed by atoms with Crippen molar-refractivity contribution in [3.05, 3.63) is 88.6 Å². The predicted octanol–water partition coefficient (Wildman–Crippen LogP) is 4.64. The van der Waals surface area contributed by atoms with Gasteiger partial charge in [-0.15, -0.1) is 0 Å². The van der Waals surface area contributed by atoms with E-state index in [4.69, 9.17) is 0 Å². The third-order valence-corrected chi connectivity index (χ3v) is 5.48. The summed E-state index contributed by atoms with van der Waals surface area (Å²) in [6.07, 6.45) is 3.22. The van der Waals surface area contributed by atoms with Gasteiger partial charge in [0.05, 0.1) is 17.8 Å². The molecule has 0 unspecified atom stereocenters. The van der Waals surface area contributed by atoms with Gasteiger partial charge in [-0.2, -0.15) is 0 Å².